The second-order valence-corrected chi connectivity index (χ2v) is 8.57. The Morgan fingerprint density at radius 2 is 1.76 bits per heavy atom. The number of halogens is 2. The topological polar surface area (TPSA) is 79.7 Å². The molecule has 0 unspecified atom stereocenters. The van der Waals surface area contributed by atoms with Gasteiger partial charge in [-0.1, -0.05) is 23.5 Å². The van der Waals surface area contributed by atoms with Crippen molar-refractivity contribution in [3.63, 3.8) is 0 Å². The largest absolute Gasteiger partial charge is 0.507 e. The van der Waals surface area contributed by atoms with Crippen molar-refractivity contribution < 1.29 is 28.2 Å². The highest BCUT2D eigenvalue weighted by molar-refractivity contribution is 7.22. The van der Waals surface area contributed by atoms with Gasteiger partial charge in [-0.15, -0.1) is 0 Å². The number of methoxy groups -OCH3 is 1. The Balaban J connectivity index is 1.72. The summed E-state index contributed by atoms with van der Waals surface area (Å²) in [4.78, 5) is 31.8. The molecule has 1 atom stereocenters. The van der Waals surface area contributed by atoms with Crippen LogP contribution in [-0.2, 0) is 9.59 Å². The average molecular weight is 478 g/mol. The number of ether oxygens (including phenoxy) is 1. The highest BCUT2D eigenvalue weighted by Gasteiger charge is 2.48. The predicted octanol–water partition coefficient (Wildman–Crippen LogP) is 5.21. The summed E-state index contributed by atoms with van der Waals surface area (Å²) in [6.45, 7) is 0. The Morgan fingerprint density at radius 1 is 1.03 bits per heavy atom. The summed E-state index contributed by atoms with van der Waals surface area (Å²) >= 11 is 1.02. The molecule has 2 heterocycles. The molecular formula is C25H16F2N2O4S. The summed E-state index contributed by atoms with van der Waals surface area (Å²) in [6, 6.07) is 14.6. The Morgan fingerprint density at radius 3 is 2.47 bits per heavy atom. The molecule has 0 saturated carbocycles. The number of amides is 1. The maximum Gasteiger partial charge on any atom is 0.301 e. The van der Waals surface area contributed by atoms with Crippen LogP contribution in [0.4, 0.5) is 13.9 Å². The number of aliphatic hydroxyl groups excluding tert-OH is 1. The van der Waals surface area contributed by atoms with E-state index >= 15 is 0 Å². The van der Waals surface area contributed by atoms with Gasteiger partial charge in [0.25, 0.3) is 5.78 Å². The molecule has 0 spiro atoms. The van der Waals surface area contributed by atoms with Gasteiger partial charge < -0.3 is 9.84 Å². The number of aliphatic hydroxyl groups is 1. The van der Waals surface area contributed by atoms with Gasteiger partial charge in [-0.25, -0.2) is 13.8 Å². The average Bonchev–Trinajstić information content (AvgIpc) is 3.36. The van der Waals surface area contributed by atoms with Crippen LogP contribution in [-0.4, -0.2) is 28.9 Å². The lowest BCUT2D eigenvalue weighted by Crippen LogP contribution is -2.29. The van der Waals surface area contributed by atoms with Crippen LogP contribution in [0.3, 0.4) is 0 Å². The molecule has 3 aromatic carbocycles. The molecule has 1 fully saturated rings. The zero-order chi connectivity index (χ0) is 24.0. The summed E-state index contributed by atoms with van der Waals surface area (Å²) in [7, 11) is 1.49. The molecule has 1 N–H and O–H groups in total. The van der Waals surface area contributed by atoms with Crippen molar-refractivity contribution in [2.45, 2.75) is 6.04 Å². The number of carbonyl (C=O) groups is 2. The molecule has 1 saturated heterocycles. The third-order valence-corrected chi connectivity index (χ3v) is 6.54. The van der Waals surface area contributed by atoms with E-state index in [0.717, 1.165) is 16.2 Å². The number of hydrogen-bond donors (Lipinski definition) is 1. The first-order valence-electron chi connectivity index (χ1n) is 10.1. The number of rotatable bonds is 4. The van der Waals surface area contributed by atoms with Crippen molar-refractivity contribution in [2.24, 2.45) is 0 Å². The van der Waals surface area contributed by atoms with E-state index in [2.05, 4.69) is 4.98 Å². The molecule has 6 nitrogen and oxygen atoms in total. The molecule has 1 amide bonds. The number of aromatic nitrogens is 1. The van der Waals surface area contributed by atoms with Gasteiger partial charge in [0, 0.05) is 5.56 Å². The third-order valence-electron chi connectivity index (χ3n) is 5.52. The lowest BCUT2D eigenvalue weighted by atomic mass is 9.95. The number of nitrogens with zero attached hydrogens (tertiary/aromatic N) is 2. The second kappa shape index (κ2) is 8.35. The van der Waals surface area contributed by atoms with E-state index in [9.17, 15) is 23.5 Å². The number of thiazole rings is 1. The molecule has 1 aliphatic rings. The summed E-state index contributed by atoms with van der Waals surface area (Å²) in [5, 5.41) is 11.2. The van der Waals surface area contributed by atoms with Crippen LogP contribution in [0, 0.1) is 11.6 Å². The zero-order valence-corrected chi connectivity index (χ0v) is 18.5. The van der Waals surface area contributed by atoms with Crippen molar-refractivity contribution in [1.82, 2.24) is 4.98 Å². The van der Waals surface area contributed by atoms with Gasteiger partial charge in [0.1, 0.15) is 23.1 Å². The van der Waals surface area contributed by atoms with Crippen LogP contribution < -0.4 is 9.64 Å². The predicted molar refractivity (Wildman–Crippen MR) is 124 cm³/mol. The van der Waals surface area contributed by atoms with E-state index in [1.165, 1.54) is 43.5 Å². The molecule has 34 heavy (non-hydrogen) atoms. The maximum absolute atomic E-state index is 14.2. The number of ketones is 1. The minimum Gasteiger partial charge on any atom is -0.507 e. The van der Waals surface area contributed by atoms with Gasteiger partial charge >= 0.3 is 5.91 Å². The second-order valence-electron chi connectivity index (χ2n) is 7.56. The van der Waals surface area contributed by atoms with Crippen LogP contribution in [0.5, 0.6) is 5.75 Å². The minimum absolute atomic E-state index is 0.130. The Labute approximate surface area is 196 Å². The van der Waals surface area contributed by atoms with Crippen molar-refractivity contribution in [1.29, 1.82) is 0 Å². The van der Waals surface area contributed by atoms with E-state index in [1.54, 1.807) is 30.3 Å². The van der Waals surface area contributed by atoms with Gasteiger partial charge in [-0.05, 0) is 60.2 Å². The molecular weight excluding hydrogens is 462 g/mol. The van der Waals surface area contributed by atoms with Crippen LogP contribution in [0.15, 0.2) is 72.3 Å². The summed E-state index contributed by atoms with van der Waals surface area (Å²) in [5.41, 5.74) is 0.800. The third kappa shape index (κ3) is 3.60. The molecule has 4 aromatic rings. The normalized spacial score (nSPS) is 17.5. The molecule has 0 aliphatic carbocycles. The fraction of sp³-hybridized carbons (Fsp3) is 0.0800. The van der Waals surface area contributed by atoms with Crippen molar-refractivity contribution in [2.75, 3.05) is 12.0 Å². The van der Waals surface area contributed by atoms with E-state index in [4.69, 9.17) is 4.74 Å². The zero-order valence-electron chi connectivity index (χ0n) is 17.7. The number of benzene rings is 3. The summed E-state index contributed by atoms with van der Waals surface area (Å²) in [5.74, 6) is -2.77. The Kier molecular flexibility index (Phi) is 5.33. The first-order chi connectivity index (χ1) is 16.4. The molecule has 0 radical (unpaired) electrons. The van der Waals surface area contributed by atoms with E-state index < -0.39 is 35.1 Å². The highest BCUT2D eigenvalue weighted by Crippen LogP contribution is 2.44. The summed E-state index contributed by atoms with van der Waals surface area (Å²) in [6.07, 6.45) is 0. The maximum atomic E-state index is 14.2. The summed E-state index contributed by atoms with van der Waals surface area (Å²) < 4.78 is 33.5. The number of hydrogen-bond acceptors (Lipinski definition) is 6. The molecule has 0 bridgehead atoms. The van der Waals surface area contributed by atoms with Crippen LogP contribution >= 0.6 is 11.3 Å². The minimum atomic E-state index is -1.14. The van der Waals surface area contributed by atoms with Gasteiger partial charge in [0.2, 0.25) is 0 Å². The first kappa shape index (κ1) is 21.7. The lowest BCUT2D eigenvalue weighted by molar-refractivity contribution is -0.132. The van der Waals surface area contributed by atoms with Crippen LogP contribution in [0.1, 0.15) is 17.2 Å². The van der Waals surface area contributed by atoms with Gasteiger partial charge in [-0.3, -0.25) is 14.5 Å². The Hall–Kier alpha value is -4.11. The quantitative estimate of drug-likeness (QED) is 0.248. The fourth-order valence-corrected chi connectivity index (χ4v) is 4.93. The number of carbonyl (C=O) groups excluding carboxylic acids is 2. The Bertz CT molecular complexity index is 1480. The standard InChI is InChI=1S/C25H16F2N2O4S/c1-33-17-8-5-13(6-9-17)22(30)20-21(14-3-2-4-15(26)11-14)29(24(32)23(20)31)25-28-18-10-7-16(27)12-19(18)34-25/h2-12,21,30H,1H3/t21-/m1/s1. The molecule has 170 valence electrons. The van der Waals surface area contributed by atoms with E-state index in [0.29, 0.717) is 16.0 Å². The molecule has 1 aliphatic heterocycles. The number of anilines is 1. The van der Waals surface area contributed by atoms with Crippen LogP contribution in [0.25, 0.3) is 16.0 Å². The van der Waals surface area contributed by atoms with Crippen molar-refractivity contribution in [3.8, 4) is 5.75 Å². The van der Waals surface area contributed by atoms with Crippen LogP contribution in [0.2, 0.25) is 0 Å². The molecule has 5 rings (SSSR count). The smallest absolute Gasteiger partial charge is 0.301 e. The molecule has 9 heteroatoms. The van der Waals surface area contributed by atoms with E-state index in [-0.39, 0.29) is 21.8 Å². The van der Waals surface area contributed by atoms with Gasteiger partial charge in [0.05, 0.1) is 28.9 Å². The highest BCUT2D eigenvalue weighted by atomic mass is 32.1. The van der Waals surface area contributed by atoms with Gasteiger partial charge in [0.15, 0.2) is 5.13 Å². The fourth-order valence-electron chi connectivity index (χ4n) is 3.92. The van der Waals surface area contributed by atoms with Gasteiger partial charge in [-0.2, -0.15) is 0 Å². The SMILES string of the molecule is COc1ccc(C(O)=C2C(=O)C(=O)N(c3nc4ccc(F)cc4s3)[C@@H]2c2cccc(F)c2)cc1. The van der Waals surface area contributed by atoms with Crippen molar-refractivity contribution >= 4 is 44.1 Å². The lowest BCUT2D eigenvalue weighted by Gasteiger charge is -2.23. The van der Waals surface area contributed by atoms with Crippen molar-refractivity contribution in [3.05, 3.63) is 95.1 Å². The van der Waals surface area contributed by atoms with E-state index in [1.807, 2.05) is 0 Å². The molecule has 1 aromatic heterocycles. The number of fused-ring (bicyclic) bond motifs is 1. The monoisotopic (exact) mass is 478 g/mol. The first-order valence-corrected chi connectivity index (χ1v) is 11.0. The number of Topliss-reactive ketones (excluding diaryl/α,β-unsaturated/α-hetero) is 1.